The lowest BCUT2D eigenvalue weighted by Crippen LogP contribution is -2.46. The SMILES string of the molecule is CCC1(CNC(=NC)NCc2ccccc2CN2CCOCC2)CCC1.I. The van der Waals surface area contributed by atoms with Gasteiger partial charge in [0.1, 0.15) is 0 Å². The number of benzene rings is 1. The monoisotopic (exact) mass is 486 g/mol. The molecule has 5 nitrogen and oxygen atoms in total. The van der Waals surface area contributed by atoms with Gasteiger partial charge in [-0.05, 0) is 35.8 Å². The number of guanidine groups is 1. The number of nitrogens with one attached hydrogen (secondary N) is 2. The number of aliphatic imine (C=N–C) groups is 1. The highest BCUT2D eigenvalue weighted by Crippen LogP contribution is 2.42. The molecule has 0 aromatic heterocycles. The molecule has 1 aromatic carbocycles. The summed E-state index contributed by atoms with van der Waals surface area (Å²) in [6.07, 6.45) is 5.31. The van der Waals surface area contributed by atoms with Crippen molar-refractivity contribution in [3.05, 3.63) is 35.4 Å². The van der Waals surface area contributed by atoms with E-state index in [1.165, 1.54) is 36.8 Å². The van der Waals surface area contributed by atoms with E-state index in [0.29, 0.717) is 5.41 Å². The van der Waals surface area contributed by atoms with Crippen LogP contribution < -0.4 is 10.6 Å². The minimum absolute atomic E-state index is 0. The number of rotatable bonds is 7. The second-order valence-electron chi connectivity index (χ2n) is 7.64. The highest BCUT2D eigenvalue weighted by atomic mass is 127. The number of hydrogen-bond donors (Lipinski definition) is 2. The molecule has 3 rings (SSSR count). The molecular formula is C21H35IN4O. The standard InChI is InChI=1S/C21H34N4O.HI/c1-3-21(9-6-10-21)17-24-20(22-2)23-15-18-7-4-5-8-19(18)16-25-11-13-26-14-12-25;/h4-5,7-8H,3,6,9-17H2,1-2H3,(H2,22,23,24);1H. The highest BCUT2D eigenvalue weighted by molar-refractivity contribution is 14.0. The van der Waals surface area contributed by atoms with E-state index in [9.17, 15) is 0 Å². The molecule has 0 spiro atoms. The summed E-state index contributed by atoms with van der Waals surface area (Å²) in [5, 5.41) is 7.05. The minimum Gasteiger partial charge on any atom is -0.379 e. The summed E-state index contributed by atoms with van der Waals surface area (Å²) in [5.41, 5.74) is 3.23. The molecule has 0 radical (unpaired) electrons. The van der Waals surface area contributed by atoms with Gasteiger partial charge in [-0.15, -0.1) is 24.0 Å². The topological polar surface area (TPSA) is 48.9 Å². The van der Waals surface area contributed by atoms with Gasteiger partial charge in [-0.25, -0.2) is 0 Å². The van der Waals surface area contributed by atoms with Crippen LogP contribution in [0.3, 0.4) is 0 Å². The van der Waals surface area contributed by atoms with Crippen molar-refractivity contribution in [2.45, 2.75) is 45.7 Å². The van der Waals surface area contributed by atoms with E-state index in [4.69, 9.17) is 4.74 Å². The first kappa shape index (κ1) is 22.4. The van der Waals surface area contributed by atoms with Crippen molar-refractivity contribution in [3.63, 3.8) is 0 Å². The molecule has 0 unspecified atom stereocenters. The molecule has 1 aliphatic heterocycles. The molecule has 0 atom stereocenters. The van der Waals surface area contributed by atoms with E-state index in [1.807, 2.05) is 7.05 Å². The van der Waals surface area contributed by atoms with Crippen molar-refractivity contribution in [1.29, 1.82) is 0 Å². The number of morpholine rings is 1. The van der Waals surface area contributed by atoms with Crippen LogP contribution in [0.4, 0.5) is 0 Å². The van der Waals surface area contributed by atoms with Gasteiger partial charge in [-0.3, -0.25) is 9.89 Å². The molecule has 6 heteroatoms. The quantitative estimate of drug-likeness (QED) is 0.353. The molecule has 1 aromatic rings. The maximum atomic E-state index is 5.46. The van der Waals surface area contributed by atoms with Crippen LogP contribution in [0.5, 0.6) is 0 Å². The number of hydrogen-bond acceptors (Lipinski definition) is 3. The average molecular weight is 486 g/mol. The van der Waals surface area contributed by atoms with Gasteiger partial charge >= 0.3 is 0 Å². The first-order valence-electron chi connectivity index (χ1n) is 10.1. The normalized spacial score (nSPS) is 19.7. The number of nitrogens with zero attached hydrogens (tertiary/aromatic N) is 2. The molecule has 2 aliphatic rings. The van der Waals surface area contributed by atoms with Crippen molar-refractivity contribution < 1.29 is 4.74 Å². The van der Waals surface area contributed by atoms with Gasteiger partial charge in [-0.2, -0.15) is 0 Å². The Morgan fingerprint density at radius 2 is 1.85 bits per heavy atom. The lowest BCUT2D eigenvalue weighted by molar-refractivity contribution is 0.0341. The van der Waals surface area contributed by atoms with E-state index in [0.717, 1.165) is 51.9 Å². The molecule has 0 bridgehead atoms. The largest absolute Gasteiger partial charge is 0.379 e. The summed E-state index contributed by atoms with van der Waals surface area (Å²) in [6, 6.07) is 8.71. The molecule has 1 saturated heterocycles. The van der Waals surface area contributed by atoms with Gasteiger partial charge < -0.3 is 15.4 Å². The van der Waals surface area contributed by atoms with Gasteiger partial charge in [0.2, 0.25) is 0 Å². The molecule has 0 amide bonds. The molecule has 152 valence electrons. The van der Waals surface area contributed by atoms with Crippen molar-refractivity contribution in [1.82, 2.24) is 15.5 Å². The summed E-state index contributed by atoms with van der Waals surface area (Å²) in [4.78, 5) is 6.88. The first-order chi connectivity index (χ1) is 12.7. The van der Waals surface area contributed by atoms with Gasteiger partial charge in [-0.1, -0.05) is 37.6 Å². The zero-order valence-corrected chi connectivity index (χ0v) is 19.1. The second kappa shape index (κ2) is 11.2. The fourth-order valence-corrected chi connectivity index (χ4v) is 3.89. The zero-order chi connectivity index (χ0) is 18.2. The third-order valence-corrected chi connectivity index (χ3v) is 6.08. The Balaban J connectivity index is 0.00000261. The number of ether oxygens (including phenoxy) is 1. The average Bonchev–Trinajstić information content (AvgIpc) is 2.65. The van der Waals surface area contributed by atoms with Crippen LogP contribution in [0, 0.1) is 5.41 Å². The lowest BCUT2D eigenvalue weighted by atomic mass is 9.67. The van der Waals surface area contributed by atoms with E-state index >= 15 is 0 Å². The molecule has 1 heterocycles. The Kier molecular flexibility index (Phi) is 9.32. The predicted molar refractivity (Wildman–Crippen MR) is 123 cm³/mol. The van der Waals surface area contributed by atoms with Crippen molar-refractivity contribution >= 4 is 29.9 Å². The molecular weight excluding hydrogens is 451 g/mol. The summed E-state index contributed by atoms with van der Waals surface area (Å²) in [7, 11) is 1.86. The Morgan fingerprint density at radius 3 is 2.44 bits per heavy atom. The zero-order valence-electron chi connectivity index (χ0n) is 16.8. The van der Waals surface area contributed by atoms with E-state index in [1.54, 1.807) is 0 Å². The predicted octanol–water partition coefficient (Wildman–Crippen LogP) is 3.38. The second-order valence-corrected chi connectivity index (χ2v) is 7.64. The van der Waals surface area contributed by atoms with Crippen LogP contribution in [0.25, 0.3) is 0 Å². The van der Waals surface area contributed by atoms with Gasteiger partial charge in [0, 0.05) is 39.8 Å². The Labute approximate surface area is 181 Å². The Bertz CT molecular complexity index is 592. The molecule has 2 fully saturated rings. The van der Waals surface area contributed by atoms with E-state index in [-0.39, 0.29) is 24.0 Å². The number of halogens is 1. The Morgan fingerprint density at radius 1 is 1.15 bits per heavy atom. The first-order valence-corrected chi connectivity index (χ1v) is 10.1. The van der Waals surface area contributed by atoms with Crippen molar-refractivity contribution in [2.75, 3.05) is 39.9 Å². The molecule has 27 heavy (non-hydrogen) atoms. The summed E-state index contributed by atoms with van der Waals surface area (Å²) < 4.78 is 5.46. The fraction of sp³-hybridized carbons (Fsp3) is 0.667. The van der Waals surface area contributed by atoms with Crippen molar-refractivity contribution in [2.24, 2.45) is 10.4 Å². The molecule has 1 aliphatic carbocycles. The fourth-order valence-electron chi connectivity index (χ4n) is 3.89. The third-order valence-electron chi connectivity index (χ3n) is 6.08. The van der Waals surface area contributed by atoms with E-state index in [2.05, 4.69) is 51.7 Å². The van der Waals surface area contributed by atoms with Crippen LogP contribution in [0.2, 0.25) is 0 Å². The Hall–Kier alpha value is -0.860. The van der Waals surface area contributed by atoms with Gasteiger partial charge in [0.15, 0.2) is 5.96 Å². The smallest absolute Gasteiger partial charge is 0.191 e. The third kappa shape index (κ3) is 6.32. The lowest BCUT2D eigenvalue weighted by Gasteiger charge is -2.41. The van der Waals surface area contributed by atoms with Crippen LogP contribution in [0.1, 0.15) is 43.7 Å². The minimum atomic E-state index is 0. The summed E-state index contributed by atoms with van der Waals surface area (Å²) in [5.74, 6) is 0.908. The van der Waals surface area contributed by atoms with Crippen LogP contribution in [0.15, 0.2) is 29.3 Å². The van der Waals surface area contributed by atoms with Gasteiger partial charge in [0.25, 0.3) is 0 Å². The summed E-state index contributed by atoms with van der Waals surface area (Å²) >= 11 is 0. The van der Waals surface area contributed by atoms with Crippen molar-refractivity contribution in [3.8, 4) is 0 Å². The molecule has 1 saturated carbocycles. The maximum Gasteiger partial charge on any atom is 0.191 e. The summed E-state index contributed by atoms with van der Waals surface area (Å²) in [6.45, 7) is 8.85. The van der Waals surface area contributed by atoms with Crippen LogP contribution in [-0.4, -0.2) is 50.8 Å². The highest BCUT2D eigenvalue weighted by Gasteiger charge is 2.34. The van der Waals surface area contributed by atoms with Crippen LogP contribution in [-0.2, 0) is 17.8 Å². The van der Waals surface area contributed by atoms with Gasteiger partial charge in [0.05, 0.1) is 13.2 Å². The maximum absolute atomic E-state index is 5.46. The van der Waals surface area contributed by atoms with E-state index < -0.39 is 0 Å². The van der Waals surface area contributed by atoms with Crippen LogP contribution >= 0.6 is 24.0 Å². The molecule has 2 N–H and O–H groups in total.